The molecular formula is C19H22NO4P. The number of fused-ring (bicyclic) bond motifs is 1. The fourth-order valence-electron chi connectivity index (χ4n) is 2.82. The lowest BCUT2D eigenvalue weighted by Gasteiger charge is -2.29. The Morgan fingerprint density at radius 2 is 1.68 bits per heavy atom. The van der Waals surface area contributed by atoms with Gasteiger partial charge in [0.2, 0.25) is 0 Å². The molecule has 132 valence electrons. The Hall–Kier alpha value is -1.94. The lowest BCUT2D eigenvalue weighted by Crippen LogP contribution is -2.19. The van der Waals surface area contributed by atoms with Gasteiger partial charge < -0.3 is 13.9 Å². The molecule has 5 nitrogen and oxygen atoms in total. The molecule has 6 heteroatoms. The summed E-state index contributed by atoms with van der Waals surface area (Å²) in [6, 6.07) is 15.7. The van der Waals surface area contributed by atoms with E-state index < -0.39 is 13.4 Å². The molecule has 0 bridgehead atoms. The Kier molecular flexibility index (Phi) is 5.38. The molecule has 3 rings (SSSR count). The van der Waals surface area contributed by atoms with Crippen molar-refractivity contribution in [2.75, 3.05) is 13.2 Å². The van der Waals surface area contributed by atoms with Gasteiger partial charge in [0.15, 0.2) is 0 Å². The lowest BCUT2D eigenvalue weighted by molar-refractivity contribution is 0.0719. The number of benzene rings is 2. The van der Waals surface area contributed by atoms with Crippen molar-refractivity contribution < 1.29 is 18.5 Å². The van der Waals surface area contributed by atoms with Crippen molar-refractivity contribution in [3.63, 3.8) is 0 Å². The van der Waals surface area contributed by atoms with Gasteiger partial charge in [-0.1, -0.05) is 59.3 Å². The zero-order valence-corrected chi connectivity index (χ0v) is 15.5. The number of hydrogen-bond acceptors (Lipinski definition) is 5. The first kappa shape index (κ1) is 17.9. The van der Waals surface area contributed by atoms with Crippen LogP contribution in [0.15, 0.2) is 53.7 Å². The van der Waals surface area contributed by atoms with Crippen molar-refractivity contribution in [2.45, 2.75) is 26.6 Å². The van der Waals surface area contributed by atoms with Crippen LogP contribution in [0.4, 0.5) is 0 Å². The van der Waals surface area contributed by atoms with Gasteiger partial charge in [-0.15, -0.1) is 0 Å². The molecule has 0 saturated carbocycles. The van der Waals surface area contributed by atoms with Gasteiger partial charge in [0.05, 0.1) is 13.2 Å². The van der Waals surface area contributed by atoms with Crippen molar-refractivity contribution >= 4 is 13.3 Å². The van der Waals surface area contributed by atoms with E-state index in [-0.39, 0.29) is 13.2 Å². The van der Waals surface area contributed by atoms with Crippen LogP contribution in [-0.4, -0.2) is 18.9 Å². The molecule has 0 saturated heterocycles. The van der Waals surface area contributed by atoms with Crippen LogP contribution in [0, 0.1) is 6.92 Å². The molecule has 0 spiro atoms. The van der Waals surface area contributed by atoms with Gasteiger partial charge in [-0.05, 0) is 20.8 Å². The smallest absolute Gasteiger partial charge is 0.374 e. The number of rotatable bonds is 6. The Morgan fingerprint density at radius 3 is 2.32 bits per heavy atom. The van der Waals surface area contributed by atoms with Crippen LogP contribution in [0.25, 0.3) is 0 Å². The first-order chi connectivity index (χ1) is 12.1. The minimum Gasteiger partial charge on any atom is -0.374 e. The molecule has 0 aromatic heterocycles. The summed E-state index contributed by atoms with van der Waals surface area (Å²) in [7, 11) is -3.48. The maximum atomic E-state index is 13.2. The highest BCUT2D eigenvalue weighted by Gasteiger charge is 2.43. The van der Waals surface area contributed by atoms with Crippen LogP contribution in [0.5, 0.6) is 0 Å². The first-order valence-corrected chi connectivity index (χ1v) is 9.99. The van der Waals surface area contributed by atoms with E-state index in [9.17, 15) is 4.57 Å². The molecule has 1 atom stereocenters. The molecule has 0 N–H and O–H groups in total. The van der Waals surface area contributed by atoms with E-state index in [1.165, 1.54) is 5.56 Å². The van der Waals surface area contributed by atoms with E-state index >= 15 is 0 Å². The zero-order valence-electron chi connectivity index (χ0n) is 14.6. The Balaban J connectivity index is 2.05. The quantitative estimate of drug-likeness (QED) is 0.678. The lowest BCUT2D eigenvalue weighted by atomic mass is 9.96. The molecule has 0 amide bonds. The molecule has 1 aliphatic rings. The average Bonchev–Trinajstić information content (AvgIpc) is 2.62. The molecular weight excluding hydrogens is 337 g/mol. The summed E-state index contributed by atoms with van der Waals surface area (Å²) in [5, 5.41) is 4.27. The fourth-order valence-corrected chi connectivity index (χ4v) is 4.61. The molecule has 0 radical (unpaired) electrons. The van der Waals surface area contributed by atoms with Crippen LogP contribution in [0.1, 0.15) is 41.9 Å². The average molecular weight is 359 g/mol. The molecule has 0 aliphatic carbocycles. The number of oxime groups is 1. The maximum Gasteiger partial charge on any atom is 0.378 e. The maximum absolute atomic E-state index is 13.2. The van der Waals surface area contributed by atoms with Crippen molar-refractivity contribution in [1.82, 2.24) is 0 Å². The summed E-state index contributed by atoms with van der Waals surface area (Å²) in [6.45, 7) is 6.14. The highest BCUT2D eigenvalue weighted by Crippen LogP contribution is 2.62. The molecule has 2 aromatic rings. The summed E-state index contributed by atoms with van der Waals surface area (Å²) in [5.41, 5.74) is 4.47. The summed E-state index contributed by atoms with van der Waals surface area (Å²) in [5.74, 6) is -0.863. The van der Waals surface area contributed by atoms with Gasteiger partial charge in [-0.3, -0.25) is 4.57 Å². The first-order valence-electron chi connectivity index (χ1n) is 8.38. The third kappa shape index (κ3) is 3.54. The van der Waals surface area contributed by atoms with Crippen LogP contribution < -0.4 is 0 Å². The fraction of sp³-hybridized carbons (Fsp3) is 0.316. The zero-order chi connectivity index (χ0) is 17.9. The van der Waals surface area contributed by atoms with Crippen molar-refractivity contribution in [3.8, 4) is 0 Å². The number of aryl methyl sites for hydroxylation is 1. The largest absolute Gasteiger partial charge is 0.378 e. The Labute approximate surface area is 148 Å². The van der Waals surface area contributed by atoms with Crippen LogP contribution in [0.2, 0.25) is 0 Å². The minimum atomic E-state index is -3.48. The molecule has 1 aliphatic heterocycles. The summed E-state index contributed by atoms with van der Waals surface area (Å²) in [4.78, 5) is 5.65. The molecule has 1 heterocycles. The standard InChI is InChI=1S/C19H22NO4P/c1-4-22-25(21,23-5-2)19-17-9-7-6-8-16(17)18(20-24-19)15-12-10-14(3)11-13-15/h6-13,19H,4-5H2,1-3H3. The Morgan fingerprint density at radius 1 is 1.04 bits per heavy atom. The SMILES string of the molecule is CCOP(=O)(OCC)C1ON=C(c2ccc(C)cc2)c2ccccc21. The van der Waals surface area contributed by atoms with E-state index in [1.807, 2.05) is 55.5 Å². The number of nitrogens with zero attached hydrogens (tertiary/aromatic N) is 1. The molecule has 1 unspecified atom stereocenters. The van der Waals surface area contributed by atoms with Gasteiger partial charge in [-0.2, -0.15) is 0 Å². The third-order valence-corrected chi connectivity index (χ3v) is 6.14. The van der Waals surface area contributed by atoms with Gasteiger partial charge in [0, 0.05) is 16.7 Å². The summed E-state index contributed by atoms with van der Waals surface area (Å²) < 4.78 is 24.1. The molecule has 2 aromatic carbocycles. The van der Waals surface area contributed by atoms with Crippen LogP contribution >= 0.6 is 7.60 Å². The van der Waals surface area contributed by atoms with Crippen LogP contribution in [-0.2, 0) is 18.5 Å². The topological polar surface area (TPSA) is 57.1 Å². The molecule has 0 fully saturated rings. The van der Waals surface area contributed by atoms with E-state index in [0.29, 0.717) is 5.71 Å². The predicted octanol–water partition coefficient (Wildman–Crippen LogP) is 5.04. The van der Waals surface area contributed by atoms with Gasteiger partial charge in [0.1, 0.15) is 5.71 Å². The third-order valence-electron chi connectivity index (χ3n) is 3.96. The minimum absolute atomic E-state index is 0.272. The Bertz CT molecular complexity index is 806. The summed E-state index contributed by atoms with van der Waals surface area (Å²) >= 11 is 0. The van der Waals surface area contributed by atoms with Gasteiger partial charge in [-0.25, -0.2) is 0 Å². The second-order valence-electron chi connectivity index (χ2n) is 5.73. The second kappa shape index (κ2) is 7.52. The number of hydrogen-bond donors (Lipinski definition) is 0. The highest BCUT2D eigenvalue weighted by molar-refractivity contribution is 7.54. The van der Waals surface area contributed by atoms with Crippen molar-refractivity contribution in [3.05, 3.63) is 70.8 Å². The van der Waals surface area contributed by atoms with Gasteiger partial charge >= 0.3 is 7.60 Å². The van der Waals surface area contributed by atoms with E-state index in [1.54, 1.807) is 13.8 Å². The van der Waals surface area contributed by atoms with Gasteiger partial charge in [0.25, 0.3) is 5.85 Å². The van der Waals surface area contributed by atoms with E-state index in [4.69, 9.17) is 13.9 Å². The second-order valence-corrected chi connectivity index (χ2v) is 7.79. The van der Waals surface area contributed by atoms with E-state index in [2.05, 4.69) is 5.16 Å². The highest BCUT2D eigenvalue weighted by atomic mass is 31.2. The van der Waals surface area contributed by atoms with Crippen LogP contribution in [0.3, 0.4) is 0 Å². The van der Waals surface area contributed by atoms with Crippen molar-refractivity contribution in [1.29, 1.82) is 0 Å². The monoisotopic (exact) mass is 359 g/mol. The summed E-state index contributed by atoms with van der Waals surface area (Å²) in [6.07, 6.45) is 0. The van der Waals surface area contributed by atoms with Crippen molar-refractivity contribution in [2.24, 2.45) is 5.16 Å². The predicted molar refractivity (Wildman–Crippen MR) is 97.9 cm³/mol. The van der Waals surface area contributed by atoms with E-state index in [0.717, 1.165) is 16.7 Å². The molecule has 25 heavy (non-hydrogen) atoms. The normalized spacial score (nSPS) is 16.8.